The first-order valence-electron chi connectivity index (χ1n) is 32.6. The van der Waals surface area contributed by atoms with Gasteiger partial charge >= 0.3 is 0 Å². The molecule has 0 saturated heterocycles. The summed E-state index contributed by atoms with van der Waals surface area (Å²) in [6.07, 6.45) is 0. The lowest BCUT2D eigenvalue weighted by Gasteiger charge is -2.51. The van der Waals surface area contributed by atoms with Crippen molar-refractivity contribution < 1.29 is 8.98 Å². The molecule has 0 unspecified atom stereocenters. The fraction of sp³-hybridized carbons (Fsp3) is 0.329. The van der Waals surface area contributed by atoms with Crippen LogP contribution in [0, 0.1) is 6.92 Å². The largest absolute Gasteiger partial charge is 0.454 e. The molecule has 0 fully saturated rings. The molecule has 0 atom stereocenters. The molecule has 4 aliphatic rings. The summed E-state index contributed by atoms with van der Waals surface area (Å²) in [5.41, 5.74) is 31.9. The highest BCUT2D eigenvalue weighted by Gasteiger charge is 2.51. The number of aromatic nitrogens is 2. The zero-order valence-corrected chi connectivity index (χ0v) is 57.0. The summed E-state index contributed by atoms with van der Waals surface area (Å²) < 4.78 is 12.8. The number of aryl methyl sites for hydroxylation is 2. The van der Waals surface area contributed by atoms with Crippen molar-refractivity contribution in [2.24, 2.45) is 7.05 Å². The van der Waals surface area contributed by atoms with Gasteiger partial charge in [-0.15, -0.1) is 0 Å². The van der Waals surface area contributed by atoms with E-state index < -0.39 is 0 Å². The normalized spacial score (nSPS) is 14.9. The molecule has 7 heteroatoms. The average molecular weight is 1190 g/mol. The van der Waals surface area contributed by atoms with Crippen LogP contribution in [0.25, 0.3) is 61.2 Å². The second kappa shape index (κ2) is 19.2. The van der Waals surface area contributed by atoms with Gasteiger partial charge in [0.15, 0.2) is 16.6 Å². The Balaban J connectivity index is 1.07. The molecule has 0 amide bonds. The quantitative estimate of drug-likeness (QED) is 0.127. The number of nitrogens with zero attached hydrogens (tertiary/aromatic N) is 4. The minimum Gasteiger partial charge on any atom is -0.454 e. The van der Waals surface area contributed by atoms with E-state index in [2.05, 4.69) is 303 Å². The minimum atomic E-state index is -0.311. The first-order valence-corrected chi connectivity index (χ1v) is 33.5. The highest BCUT2D eigenvalue weighted by Crippen LogP contribution is 2.59. The van der Waals surface area contributed by atoms with E-state index in [9.17, 15) is 0 Å². The van der Waals surface area contributed by atoms with Crippen LogP contribution in [-0.2, 0) is 34.1 Å². The molecule has 0 spiro atoms. The lowest BCUT2D eigenvalue weighted by molar-refractivity contribution is -0.557. The van der Waals surface area contributed by atoms with Crippen LogP contribution < -0.4 is 30.8 Å². The number of imidazole rings is 1. The molecular formula is C82H86BN4OS+. The molecule has 11 aromatic rings. The van der Waals surface area contributed by atoms with Crippen LogP contribution in [0.3, 0.4) is 0 Å². The Kier molecular flexibility index (Phi) is 12.4. The van der Waals surface area contributed by atoms with E-state index in [0.29, 0.717) is 11.8 Å². The molecule has 0 bridgehead atoms. The molecule has 4 aliphatic heterocycles. The fourth-order valence-electron chi connectivity index (χ4n) is 15.6. The molecule has 6 heterocycles. The van der Waals surface area contributed by atoms with E-state index >= 15 is 0 Å². The molecular weight excluding hydrogens is 1100 g/mol. The minimum absolute atomic E-state index is 0.0258. The standard InChI is InChI=1S/C82H86BN4OS/c1-45(2)53-25-23-26-54(46(3)4)72(53)87-64-30-22-21-29-63(64)84(20)77(87)70-47(5)31-34-57-56-28-24-27-55(75(56)88-76(57)70)48-37-66-71-67(38-48)86-65-36-33-50(79(9,10)11)43-68(65)89-69-44-52(81(15,16)17)42-61(74(69)86)83(71)60-41-51(80(12,13)14)40-59-73(60)85(66)62-35-32-49(78(6,7)8)39-58(62)82(59,18)19/h21-46H,1-20H3/q+1. The number of para-hydroxylation sites is 4. The van der Waals surface area contributed by atoms with Gasteiger partial charge in [-0.1, -0.05) is 233 Å². The highest BCUT2D eigenvalue weighted by atomic mass is 32.2. The number of anilines is 6. The number of hydrogen-bond donors (Lipinski definition) is 0. The monoisotopic (exact) mass is 1190 g/mol. The van der Waals surface area contributed by atoms with E-state index in [0.717, 1.165) is 44.5 Å². The average Bonchev–Trinajstić information content (AvgIpc) is 1.07. The number of furan rings is 1. The van der Waals surface area contributed by atoms with Gasteiger partial charge in [-0.3, -0.25) is 0 Å². The predicted octanol–water partition coefficient (Wildman–Crippen LogP) is 20.6. The van der Waals surface area contributed by atoms with Crippen LogP contribution in [0.2, 0.25) is 0 Å². The van der Waals surface area contributed by atoms with Gasteiger partial charge in [-0.25, -0.2) is 4.57 Å². The summed E-state index contributed by atoms with van der Waals surface area (Å²) in [4.78, 5) is 8.00. The summed E-state index contributed by atoms with van der Waals surface area (Å²) in [6, 6.07) is 57.5. The van der Waals surface area contributed by atoms with E-state index in [1.807, 2.05) is 11.8 Å². The van der Waals surface area contributed by atoms with Crippen molar-refractivity contribution in [1.82, 2.24) is 4.57 Å². The number of hydrogen-bond acceptors (Lipinski definition) is 4. The van der Waals surface area contributed by atoms with E-state index in [1.54, 1.807) is 0 Å². The summed E-state index contributed by atoms with van der Waals surface area (Å²) in [6.45, 7) is 45.0. The van der Waals surface area contributed by atoms with Gasteiger partial charge in [0.05, 0.1) is 24.1 Å². The number of fused-ring (bicyclic) bond motifs is 12. The molecule has 0 radical (unpaired) electrons. The van der Waals surface area contributed by atoms with Crippen molar-refractivity contribution >= 4 is 102 Å². The molecule has 2 aromatic heterocycles. The molecule has 89 heavy (non-hydrogen) atoms. The van der Waals surface area contributed by atoms with Gasteiger partial charge < -0.3 is 14.2 Å². The van der Waals surface area contributed by atoms with Crippen molar-refractivity contribution in [2.45, 2.75) is 180 Å². The Hall–Kier alpha value is -7.74. The van der Waals surface area contributed by atoms with Crippen molar-refractivity contribution in [3.63, 3.8) is 0 Å². The number of benzene rings is 9. The summed E-state index contributed by atoms with van der Waals surface area (Å²) >= 11 is 1.96. The third-order valence-electron chi connectivity index (χ3n) is 20.7. The Bertz CT molecular complexity index is 4860. The zero-order valence-electron chi connectivity index (χ0n) is 56.2. The molecule has 15 rings (SSSR count). The van der Waals surface area contributed by atoms with Crippen LogP contribution in [0.4, 0.5) is 34.1 Å². The van der Waals surface area contributed by atoms with Crippen molar-refractivity contribution in [3.8, 4) is 28.2 Å². The van der Waals surface area contributed by atoms with E-state index in [-0.39, 0.29) is 33.8 Å². The summed E-state index contributed by atoms with van der Waals surface area (Å²) in [5, 5.41) is 2.22. The van der Waals surface area contributed by atoms with Crippen molar-refractivity contribution in [3.05, 3.63) is 196 Å². The molecule has 0 aliphatic carbocycles. The first-order chi connectivity index (χ1) is 41.9. The highest BCUT2D eigenvalue weighted by molar-refractivity contribution is 7.99. The van der Waals surface area contributed by atoms with Gasteiger partial charge in [0.2, 0.25) is 0 Å². The van der Waals surface area contributed by atoms with E-state index in [1.165, 1.54) is 127 Å². The van der Waals surface area contributed by atoms with Crippen LogP contribution in [0.15, 0.2) is 160 Å². The Morgan fingerprint density at radius 2 is 1.07 bits per heavy atom. The second-order valence-electron chi connectivity index (χ2n) is 31.8. The van der Waals surface area contributed by atoms with Gasteiger partial charge in [0.1, 0.15) is 16.8 Å². The SMILES string of the molecule is Cc1ccc2c(oc3c(-c4cc5c6c(c4)N4c7ccc(C(C)(C)C)cc7C(C)(C)c7cc(C(C)(C)C)cc(c74)B6c4cc(C(C)(C)C)cc6c4N5c4ccc(C(C)(C)C)cc4S6)cccc32)c1-c1n(C)c2ccccc2[n+]1-c1c(C(C)C)cccc1C(C)C. The Labute approximate surface area is 533 Å². The molecule has 9 aromatic carbocycles. The molecule has 0 saturated carbocycles. The lowest BCUT2D eigenvalue weighted by Crippen LogP contribution is -2.63. The Morgan fingerprint density at radius 1 is 0.517 bits per heavy atom. The van der Waals surface area contributed by atoms with Crippen LogP contribution in [0.1, 0.15) is 187 Å². The maximum absolute atomic E-state index is 7.80. The van der Waals surface area contributed by atoms with Crippen molar-refractivity contribution in [2.75, 3.05) is 9.80 Å². The van der Waals surface area contributed by atoms with E-state index in [4.69, 9.17) is 4.42 Å². The van der Waals surface area contributed by atoms with Crippen molar-refractivity contribution in [1.29, 1.82) is 0 Å². The van der Waals surface area contributed by atoms with Gasteiger partial charge in [0.25, 0.3) is 12.5 Å². The second-order valence-corrected chi connectivity index (χ2v) is 32.9. The first kappa shape index (κ1) is 57.7. The van der Waals surface area contributed by atoms with Crippen LogP contribution >= 0.6 is 11.8 Å². The van der Waals surface area contributed by atoms with Gasteiger partial charge in [-0.2, -0.15) is 4.57 Å². The smallest absolute Gasteiger partial charge is 0.299 e. The fourth-order valence-corrected chi connectivity index (χ4v) is 16.7. The number of rotatable bonds is 5. The third-order valence-corrected chi connectivity index (χ3v) is 21.8. The summed E-state index contributed by atoms with van der Waals surface area (Å²) in [7, 11) is 2.24. The zero-order chi connectivity index (χ0) is 62.8. The third kappa shape index (κ3) is 8.38. The van der Waals surface area contributed by atoms with Gasteiger partial charge in [-0.05, 0) is 150 Å². The maximum atomic E-state index is 7.80. The lowest BCUT2D eigenvalue weighted by atomic mass is 9.32. The van der Waals surface area contributed by atoms with Gasteiger partial charge in [0, 0.05) is 59.7 Å². The molecule has 5 nitrogen and oxygen atoms in total. The maximum Gasteiger partial charge on any atom is 0.299 e. The van der Waals surface area contributed by atoms with Crippen LogP contribution in [-0.4, -0.2) is 11.3 Å². The van der Waals surface area contributed by atoms with Crippen LogP contribution in [0.5, 0.6) is 0 Å². The Morgan fingerprint density at radius 3 is 1.71 bits per heavy atom. The predicted molar refractivity (Wildman–Crippen MR) is 381 cm³/mol. The molecule has 0 N–H and O–H groups in total. The summed E-state index contributed by atoms with van der Waals surface area (Å²) in [5.74, 6) is 1.72. The molecule has 448 valence electrons. The topological polar surface area (TPSA) is 28.4 Å².